The maximum Gasteiger partial charge on any atom is 0.198 e. The minimum absolute atomic E-state index is 0.195. The average Bonchev–Trinajstić information content (AvgIpc) is 2.65. The van der Waals surface area contributed by atoms with Crippen molar-refractivity contribution in [2.24, 2.45) is 11.5 Å². The van der Waals surface area contributed by atoms with E-state index in [0.717, 1.165) is 0 Å². The molecule has 0 aliphatic heterocycles. The topological polar surface area (TPSA) is 102 Å². The van der Waals surface area contributed by atoms with Crippen LogP contribution in [0, 0.1) is 0 Å². The van der Waals surface area contributed by atoms with Crippen molar-refractivity contribution in [1.82, 2.24) is 4.98 Å². The van der Waals surface area contributed by atoms with Crippen molar-refractivity contribution in [3.05, 3.63) is 84.1 Å². The molecule has 1 heterocycles. The van der Waals surface area contributed by atoms with Gasteiger partial charge in [0.05, 0.1) is 17.9 Å². The molecule has 1 aromatic carbocycles. The Balaban J connectivity index is 2.26. The maximum absolute atomic E-state index is 13.0. The molecule has 1 aliphatic carbocycles. The predicted octanol–water partition coefficient (Wildman–Crippen LogP) is 1.61. The molecule has 0 saturated carbocycles. The highest BCUT2D eigenvalue weighted by Gasteiger charge is 2.35. The highest BCUT2D eigenvalue weighted by atomic mass is 16.1. The molecule has 0 saturated heterocycles. The number of rotatable bonds is 5. The molecule has 1 aliphatic rings. The molecule has 2 unspecified atom stereocenters. The second-order valence-corrected chi connectivity index (χ2v) is 5.62. The van der Waals surface area contributed by atoms with E-state index in [1.807, 2.05) is 0 Å². The monoisotopic (exact) mass is 334 g/mol. The van der Waals surface area contributed by atoms with E-state index in [4.69, 9.17) is 11.5 Å². The number of carbonyl (C=O) groups excluding carboxylic acids is 2. The van der Waals surface area contributed by atoms with Gasteiger partial charge in [0, 0.05) is 22.9 Å². The Labute approximate surface area is 145 Å². The summed E-state index contributed by atoms with van der Waals surface area (Å²) in [5, 5.41) is 0. The normalized spacial score (nSPS) is 15.0. The van der Waals surface area contributed by atoms with Gasteiger partial charge in [-0.2, -0.15) is 0 Å². The standard InChI is InChI=1S/C19H18N4O2/c1-3-14(20)23(15(21)4-2)19-16-13(9-10-22-19)17(24)11-7-5-6-8-12(11)18(16)25/h3-10,14-15H,1-2,20-21H2. The predicted molar refractivity (Wildman–Crippen MR) is 96.4 cm³/mol. The van der Waals surface area contributed by atoms with Crippen LogP contribution in [0.25, 0.3) is 0 Å². The lowest BCUT2D eigenvalue weighted by molar-refractivity contribution is 0.0979. The molecule has 0 radical (unpaired) electrons. The Kier molecular flexibility index (Phi) is 4.31. The molecule has 2 atom stereocenters. The largest absolute Gasteiger partial charge is 0.318 e. The number of nitrogens with two attached hydrogens (primary N) is 2. The first-order valence-electron chi connectivity index (χ1n) is 7.73. The van der Waals surface area contributed by atoms with Gasteiger partial charge < -0.3 is 16.4 Å². The summed E-state index contributed by atoms with van der Waals surface area (Å²) in [5.41, 5.74) is 13.4. The lowest BCUT2D eigenvalue weighted by Gasteiger charge is -2.34. The number of carbonyl (C=O) groups is 2. The molecule has 1 aromatic heterocycles. The van der Waals surface area contributed by atoms with Crippen LogP contribution in [0.15, 0.2) is 61.8 Å². The average molecular weight is 334 g/mol. The fourth-order valence-corrected chi connectivity index (χ4v) is 2.93. The number of nitrogens with zero attached hydrogens (tertiary/aromatic N) is 2. The molecule has 6 nitrogen and oxygen atoms in total. The Morgan fingerprint density at radius 3 is 2.04 bits per heavy atom. The number of aromatic nitrogens is 1. The van der Waals surface area contributed by atoms with Gasteiger partial charge >= 0.3 is 0 Å². The first kappa shape index (κ1) is 16.8. The van der Waals surface area contributed by atoms with E-state index in [-0.39, 0.29) is 28.5 Å². The molecule has 0 bridgehead atoms. The molecular weight excluding hydrogens is 316 g/mol. The molecular formula is C19H18N4O2. The third kappa shape index (κ3) is 2.57. The molecule has 0 spiro atoms. The Morgan fingerprint density at radius 2 is 1.48 bits per heavy atom. The number of hydrogen-bond donors (Lipinski definition) is 2. The summed E-state index contributed by atoms with van der Waals surface area (Å²) in [4.78, 5) is 31.7. The van der Waals surface area contributed by atoms with Crippen LogP contribution in [-0.4, -0.2) is 28.9 Å². The first-order valence-corrected chi connectivity index (χ1v) is 7.73. The maximum atomic E-state index is 13.0. The molecule has 0 amide bonds. The fraction of sp³-hybridized carbons (Fsp3) is 0.105. The Bertz CT molecular complexity index is 877. The Morgan fingerprint density at radius 1 is 0.920 bits per heavy atom. The number of pyridine rings is 1. The van der Waals surface area contributed by atoms with Gasteiger partial charge in [0.15, 0.2) is 11.6 Å². The fourth-order valence-electron chi connectivity index (χ4n) is 2.93. The molecule has 126 valence electrons. The summed E-state index contributed by atoms with van der Waals surface area (Å²) < 4.78 is 0. The third-order valence-electron chi connectivity index (χ3n) is 4.19. The minimum atomic E-state index is -0.702. The van der Waals surface area contributed by atoms with Crippen LogP contribution in [0.5, 0.6) is 0 Å². The van der Waals surface area contributed by atoms with Gasteiger partial charge in [0.2, 0.25) is 0 Å². The second kappa shape index (κ2) is 6.43. The van der Waals surface area contributed by atoms with Crippen LogP contribution in [0.2, 0.25) is 0 Å². The van der Waals surface area contributed by atoms with Crippen LogP contribution in [0.1, 0.15) is 31.8 Å². The molecule has 4 N–H and O–H groups in total. The van der Waals surface area contributed by atoms with E-state index in [0.29, 0.717) is 11.1 Å². The van der Waals surface area contributed by atoms with E-state index in [1.54, 1.807) is 24.3 Å². The Hall–Kier alpha value is -3.09. The van der Waals surface area contributed by atoms with Crippen molar-refractivity contribution in [1.29, 1.82) is 0 Å². The van der Waals surface area contributed by atoms with Crippen molar-refractivity contribution in [2.75, 3.05) is 4.90 Å². The number of hydrogen-bond acceptors (Lipinski definition) is 6. The van der Waals surface area contributed by atoms with Crippen LogP contribution < -0.4 is 16.4 Å². The number of fused-ring (bicyclic) bond motifs is 2. The van der Waals surface area contributed by atoms with Gasteiger partial charge in [-0.15, -0.1) is 0 Å². The summed E-state index contributed by atoms with van der Waals surface area (Å²) in [5.74, 6) is -0.274. The van der Waals surface area contributed by atoms with E-state index < -0.39 is 12.3 Å². The SMILES string of the molecule is C=CC(N)N(c1nccc2c1C(=O)c1ccccc1C2=O)C(N)C=C. The molecule has 6 heteroatoms. The van der Waals surface area contributed by atoms with Crippen molar-refractivity contribution in [2.45, 2.75) is 12.3 Å². The highest BCUT2D eigenvalue weighted by Crippen LogP contribution is 2.33. The lowest BCUT2D eigenvalue weighted by Crippen LogP contribution is -2.51. The van der Waals surface area contributed by atoms with Crippen molar-refractivity contribution in [3.8, 4) is 0 Å². The third-order valence-corrected chi connectivity index (χ3v) is 4.19. The minimum Gasteiger partial charge on any atom is -0.318 e. The van der Waals surface area contributed by atoms with Crippen molar-refractivity contribution in [3.63, 3.8) is 0 Å². The first-order chi connectivity index (χ1) is 12.0. The van der Waals surface area contributed by atoms with Crippen molar-refractivity contribution >= 4 is 17.4 Å². The van der Waals surface area contributed by atoms with Crippen LogP contribution >= 0.6 is 0 Å². The smallest absolute Gasteiger partial charge is 0.198 e. The lowest BCUT2D eigenvalue weighted by atomic mass is 9.84. The summed E-state index contributed by atoms with van der Waals surface area (Å²) >= 11 is 0. The highest BCUT2D eigenvalue weighted by molar-refractivity contribution is 6.29. The molecule has 25 heavy (non-hydrogen) atoms. The zero-order chi connectivity index (χ0) is 18.1. The van der Waals surface area contributed by atoms with E-state index in [2.05, 4.69) is 18.1 Å². The second-order valence-electron chi connectivity index (χ2n) is 5.62. The van der Waals surface area contributed by atoms with Crippen LogP contribution in [0.3, 0.4) is 0 Å². The van der Waals surface area contributed by atoms with Gasteiger partial charge in [-0.1, -0.05) is 49.6 Å². The van der Waals surface area contributed by atoms with Crippen molar-refractivity contribution < 1.29 is 9.59 Å². The summed E-state index contributed by atoms with van der Waals surface area (Å²) in [7, 11) is 0. The number of anilines is 1. The van der Waals surface area contributed by atoms with E-state index >= 15 is 0 Å². The van der Waals surface area contributed by atoms with E-state index in [9.17, 15) is 9.59 Å². The zero-order valence-corrected chi connectivity index (χ0v) is 13.6. The summed E-state index contributed by atoms with van der Waals surface area (Å²) in [6.07, 6.45) is 3.02. The van der Waals surface area contributed by atoms with Gasteiger partial charge in [-0.05, 0) is 6.07 Å². The van der Waals surface area contributed by atoms with E-state index in [1.165, 1.54) is 29.3 Å². The molecule has 2 aromatic rings. The summed E-state index contributed by atoms with van der Waals surface area (Å²) in [6, 6.07) is 8.24. The zero-order valence-electron chi connectivity index (χ0n) is 13.6. The molecule has 3 rings (SSSR count). The van der Waals surface area contributed by atoms with Gasteiger partial charge in [-0.25, -0.2) is 4.98 Å². The summed E-state index contributed by atoms with van der Waals surface area (Å²) in [6.45, 7) is 7.34. The quantitative estimate of drug-likeness (QED) is 0.543. The van der Waals surface area contributed by atoms with Crippen LogP contribution in [-0.2, 0) is 0 Å². The number of benzene rings is 1. The van der Waals surface area contributed by atoms with Crippen LogP contribution in [0.4, 0.5) is 5.82 Å². The number of ketones is 2. The van der Waals surface area contributed by atoms with Gasteiger partial charge in [-0.3, -0.25) is 9.59 Å². The van der Waals surface area contributed by atoms with Gasteiger partial charge in [0.1, 0.15) is 5.82 Å². The molecule has 0 fully saturated rings. The van der Waals surface area contributed by atoms with Gasteiger partial charge in [0.25, 0.3) is 0 Å².